The molecule has 0 fully saturated rings. The van der Waals surface area contributed by atoms with Gasteiger partial charge in [-0.3, -0.25) is 4.79 Å². The standard InChI is InChI=1S/C58H107NO3/c1-3-5-7-9-11-13-14-15-16-17-18-19-20-21-22-23-24-25-26-27-28-29-30-31-32-33-34-35-36-37-38-39-40-41-42-43-44-46-48-50-52-54-58(62)59-56(55-60)57(61)53-51-49-47-45-12-10-8-6-4-2/h4,6,12,14-15,17-18,45,51,53,56-57,60-61H,3,5,7-11,13,16,19-44,46-50,52,54-55H2,1-2H3,(H,59,62)/b6-4+,15-14-,18-17-,45-12+,53-51+. The third-order valence-corrected chi connectivity index (χ3v) is 12.5. The molecule has 0 aromatic rings. The van der Waals surface area contributed by atoms with Crippen LogP contribution in [0.1, 0.15) is 284 Å². The lowest BCUT2D eigenvalue weighted by Crippen LogP contribution is -2.45. The second-order valence-corrected chi connectivity index (χ2v) is 18.6. The summed E-state index contributed by atoms with van der Waals surface area (Å²) in [6, 6.07) is -0.643. The average Bonchev–Trinajstić information content (AvgIpc) is 3.28. The van der Waals surface area contributed by atoms with Crippen molar-refractivity contribution in [1.82, 2.24) is 5.32 Å². The number of unbranched alkanes of at least 4 members (excludes halogenated alkanes) is 36. The normalized spacial score (nSPS) is 13.3. The van der Waals surface area contributed by atoms with Crippen molar-refractivity contribution in [2.24, 2.45) is 0 Å². The minimum Gasteiger partial charge on any atom is -0.394 e. The predicted molar refractivity (Wildman–Crippen MR) is 276 cm³/mol. The number of hydrogen-bond acceptors (Lipinski definition) is 3. The molecule has 0 saturated carbocycles. The van der Waals surface area contributed by atoms with Crippen molar-refractivity contribution < 1.29 is 15.0 Å². The molecule has 3 N–H and O–H groups in total. The fourth-order valence-corrected chi connectivity index (χ4v) is 8.37. The van der Waals surface area contributed by atoms with Gasteiger partial charge in [-0.15, -0.1) is 0 Å². The number of hydrogen-bond donors (Lipinski definition) is 3. The van der Waals surface area contributed by atoms with Crippen molar-refractivity contribution in [3.05, 3.63) is 60.8 Å². The highest BCUT2D eigenvalue weighted by Crippen LogP contribution is 2.17. The van der Waals surface area contributed by atoms with Crippen molar-refractivity contribution in [3.63, 3.8) is 0 Å². The summed E-state index contributed by atoms with van der Waals surface area (Å²) in [5.74, 6) is -0.0782. The molecule has 2 atom stereocenters. The van der Waals surface area contributed by atoms with Gasteiger partial charge in [-0.2, -0.15) is 0 Å². The number of allylic oxidation sites excluding steroid dienone is 9. The molecule has 0 heterocycles. The van der Waals surface area contributed by atoms with E-state index < -0.39 is 12.1 Å². The number of aliphatic hydroxyl groups is 2. The quantitative estimate of drug-likeness (QED) is 0.0421. The second kappa shape index (κ2) is 53.4. The van der Waals surface area contributed by atoms with Gasteiger partial charge >= 0.3 is 0 Å². The lowest BCUT2D eigenvalue weighted by Gasteiger charge is -2.19. The summed E-state index contributed by atoms with van der Waals surface area (Å²) < 4.78 is 0. The minimum absolute atomic E-state index is 0.0782. The van der Waals surface area contributed by atoms with E-state index in [1.54, 1.807) is 6.08 Å². The summed E-state index contributed by atoms with van der Waals surface area (Å²) >= 11 is 0. The van der Waals surface area contributed by atoms with Crippen LogP contribution in [0.5, 0.6) is 0 Å². The maximum Gasteiger partial charge on any atom is 0.220 e. The molecule has 62 heavy (non-hydrogen) atoms. The molecule has 0 aromatic carbocycles. The summed E-state index contributed by atoms with van der Waals surface area (Å²) in [7, 11) is 0. The van der Waals surface area contributed by atoms with Crippen LogP contribution in [0.4, 0.5) is 0 Å². The minimum atomic E-state index is -0.867. The van der Waals surface area contributed by atoms with Crippen molar-refractivity contribution in [2.45, 2.75) is 296 Å². The molecular weight excluding hydrogens is 759 g/mol. The first kappa shape index (κ1) is 60.1. The van der Waals surface area contributed by atoms with Gasteiger partial charge in [0.1, 0.15) is 0 Å². The van der Waals surface area contributed by atoms with E-state index in [4.69, 9.17) is 0 Å². The molecule has 0 radical (unpaired) electrons. The van der Waals surface area contributed by atoms with Crippen LogP contribution >= 0.6 is 0 Å². The zero-order valence-electron chi connectivity index (χ0n) is 41.6. The van der Waals surface area contributed by atoms with Crippen LogP contribution in [0.3, 0.4) is 0 Å². The van der Waals surface area contributed by atoms with Crippen molar-refractivity contribution in [2.75, 3.05) is 6.61 Å². The van der Waals surface area contributed by atoms with E-state index in [0.29, 0.717) is 6.42 Å². The lowest BCUT2D eigenvalue weighted by molar-refractivity contribution is -0.123. The number of aliphatic hydroxyl groups excluding tert-OH is 2. The third kappa shape index (κ3) is 49.1. The zero-order valence-corrected chi connectivity index (χ0v) is 41.6. The van der Waals surface area contributed by atoms with Gasteiger partial charge in [0.15, 0.2) is 0 Å². The molecule has 0 aromatic heterocycles. The third-order valence-electron chi connectivity index (χ3n) is 12.5. The second-order valence-electron chi connectivity index (χ2n) is 18.6. The van der Waals surface area contributed by atoms with Crippen molar-refractivity contribution in [3.8, 4) is 0 Å². The predicted octanol–water partition coefficient (Wildman–Crippen LogP) is 18.0. The van der Waals surface area contributed by atoms with Gasteiger partial charge in [-0.1, -0.05) is 267 Å². The van der Waals surface area contributed by atoms with E-state index in [1.165, 1.54) is 218 Å². The van der Waals surface area contributed by atoms with Gasteiger partial charge in [0.25, 0.3) is 0 Å². The highest BCUT2D eigenvalue weighted by atomic mass is 16.3. The van der Waals surface area contributed by atoms with Crippen LogP contribution < -0.4 is 5.32 Å². The molecule has 2 unspecified atom stereocenters. The number of nitrogens with one attached hydrogen (secondary N) is 1. The van der Waals surface area contributed by atoms with Crippen LogP contribution in [-0.2, 0) is 4.79 Å². The summed E-state index contributed by atoms with van der Waals surface area (Å²) in [5.41, 5.74) is 0. The first-order valence-electron chi connectivity index (χ1n) is 27.5. The fraction of sp³-hybridized carbons (Fsp3) is 0.810. The summed E-state index contributed by atoms with van der Waals surface area (Å²) in [5, 5.41) is 22.9. The molecule has 0 aliphatic heterocycles. The fourth-order valence-electron chi connectivity index (χ4n) is 8.37. The largest absolute Gasteiger partial charge is 0.394 e. The highest BCUT2D eigenvalue weighted by Gasteiger charge is 2.18. The Morgan fingerprint density at radius 3 is 1.11 bits per heavy atom. The maximum absolute atomic E-state index is 12.4. The molecule has 362 valence electrons. The Morgan fingerprint density at radius 2 is 0.742 bits per heavy atom. The Bertz CT molecular complexity index is 1030. The Balaban J connectivity index is 3.34. The molecule has 0 aliphatic rings. The molecule has 0 bridgehead atoms. The van der Waals surface area contributed by atoms with Gasteiger partial charge in [-0.25, -0.2) is 0 Å². The smallest absolute Gasteiger partial charge is 0.220 e. The molecule has 1 amide bonds. The first-order valence-corrected chi connectivity index (χ1v) is 27.5. The Kier molecular flexibility index (Phi) is 51.8. The molecule has 0 spiro atoms. The molecule has 0 aliphatic carbocycles. The first-order chi connectivity index (χ1) is 30.7. The molecule has 0 saturated heterocycles. The van der Waals surface area contributed by atoms with E-state index in [-0.39, 0.29) is 12.5 Å². The van der Waals surface area contributed by atoms with Gasteiger partial charge in [0, 0.05) is 6.42 Å². The summed E-state index contributed by atoms with van der Waals surface area (Å²) in [6.45, 7) is 4.06. The molecule has 4 nitrogen and oxygen atoms in total. The van der Waals surface area contributed by atoms with E-state index in [2.05, 4.69) is 60.8 Å². The van der Waals surface area contributed by atoms with Crippen LogP contribution in [0.25, 0.3) is 0 Å². The zero-order chi connectivity index (χ0) is 44.9. The molecule has 0 rings (SSSR count). The Hall–Kier alpha value is -1.91. The molecule has 4 heteroatoms. The number of rotatable bonds is 50. The van der Waals surface area contributed by atoms with E-state index in [9.17, 15) is 15.0 Å². The van der Waals surface area contributed by atoms with Gasteiger partial charge < -0.3 is 15.5 Å². The topological polar surface area (TPSA) is 69.6 Å². The van der Waals surface area contributed by atoms with Crippen LogP contribution in [-0.4, -0.2) is 34.9 Å². The van der Waals surface area contributed by atoms with Gasteiger partial charge in [-0.05, 0) is 71.1 Å². The van der Waals surface area contributed by atoms with Gasteiger partial charge in [0.2, 0.25) is 5.91 Å². The SMILES string of the molecule is C/C=C/CC/C=C/CC/C=C/C(O)C(CO)NC(=O)CCCCCCCCCCCCCCCCCCCCCCCCCCCCCCC/C=C\C/C=C\CCCCCCC. The van der Waals surface area contributed by atoms with Crippen LogP contribution in [0, 0.1) is 0 Å². The number of carbonyl (C=O) groups excluding carboxylic acids is 1. The summed E-state index contributed by atoms with van der Waals surface area (Å²) in [6.07, 6.45) is 75.8. The van der Waals surface area contributed by atoms with Crippen LogP contribution in [0.15, 0.2) is 60.8 Å². The van der Waals surface area contributed by atoms with E-state index in [0.717, 1.165) is 44.9 Å². The van der Waals surface area contributed by atoms with E-state index >= 15 is 0 Å². The van der Waals surface area contributed by atoms with Crippen molar-refractivity contribution >= 4 is 5.91 Å². The van der Waals surface area contributed by atoms with E-state index in [1.807, 2.05) is 13.0 Å². The molecular formula is C58H107NO3. The summed E-state index contributed by atoms with van der Waals surface area (Å²) in [4.78, 5) is 12.4. The Morgan fingerprint density at radius 1 is 0.419 bits per heavy atom. The maximum atomic E-state index is 12.4. The number of amides is 1. The van der Waals surface area contributed by atoms with Gasteiger partial charge in [0.05, 0.1) is 18.8 Å². The lowest BCUT2D eigenvalue weighted by atomic mass is 10.0. The average molecular weight is 866 g/mol. The monoisotopic (exact) mass is 866 g/mol. The van der Waals surface area contributed by atoms with Crippen LogP contribution in [0.2, 0.25) is 0 Å². The van der Waals surface area contributed by atoms with Crippen molar-refractivity contribution in [1.29, 1.82) is 0 Å². The number of carbonyl (C=O) groups is 1. The highest BCUT2D eigenvalue weighted by molar-refractivity contribution is 5.76. The Labute approximate surface area is 387 Å².